The number of hydrogen-bond acceptors (Lipinski definition) is 1. The van der Waals surface area contributed by atoms with Gasteiger partial charge in [-0.1, -0.05) is 106 Å². The second-order valence-corrected chi connectivity index (χ2v) is 7.25. The highest BCUT2D eigenvalue weighted by molar-refractivity contribution is 5.40. The van der Waals surface area contributed by atoms with Gasteiger partial charge in [0.25, 0.3) is 0 Å². The molecule has 0 aliphatic carbocycles. The monoisotopic (exact) mass is 349 g/mol. The summed E-state index contributed by atoms with van der Waals surface area (Å²) >= 11 is 0. The van der Waals surface area contributed by atoms with Crippen LogP contribution in [0.15, 0.2) is 73.3 Å². The highest BCUT2D eigenvalue weighted by Gasteiger charge is 2.32. The van der Waals surface area contributed by atoms with E-state index in [-0.39, 0.29) is 5.41 Å². The van der Waals surface area contributed by atoms with Gasteiger partial charge in [-0.15, -0.1) is 6.58 Å². The van der Waals surface area contributed by atoms with Crippen molar-refractivity contribution in [2.24, 2.45) is 0 Å². The van der Waals surface area contributed by atoms with Gasteiger partial charge >= 0.3 is 0 Å². The molecule has 0 aliphatic rings. The second kappa shape index (κ2) is 11.7. The first-order valence-corrected chi connectivity index (χ1v) is 10.3. The number of unbranched alkanes of at least 4 members (excludes halogenated alkanes) is 5. The van der Waals surface area contributed by atoms with Crippen LogP contribution in [0.2, 0.25) is 0 Å². The molecule has 0 fully saturated rings. The van der Waals surface area contributed by atoms with Crippen molar-refractivity contribution >= 4 is 0 Å². The summed E-state index contributed by atoms with van der Waals surface area (Å²) in [4.78, 5) is 0. The van der Waals surface area contributed by atoms with Crippen LogP contribution in [-0.2, 0) is 5.41 Å². The quantitative estimate of drug-likeness (QED) is 0.321. The second-order valence-electron chi connectivity index (χ2n) is 7.25. The fourth-order valence-electron chi connectivity index (χ4n) is 3.77. The third-order valence-corrected chi connectivity index (χ3v) is 5.28. The number of hydrogen-bond donors (Lipinski definition) is 1. The average Bonchev–Trinajstić information content (AvgIpc) is 2.70. The molecule has 0 saturated carbocycles. The summed E-state index contributed by atoms with van der Waals surface area (Å²) in [5, 5.41) is 3.75. The molecule has 1 nitrogen and oxygen atoms in total. The van der Waals surface area contributed by atoms with Crippen LogP contribution in [0.5, 0.6) is 0 Å². The third kappa shape index (κ3) is 5.85. The summed E-state index contributed by atoms with van der Waals surface area (Å²) in [7, 11) is 0. The minimum absolute atomic E-state index is 0.0491. The van der Waals surface area contributed by atoms with Crippen LogP contribution in [0.4, 0.5) is 0 Å². The maximum absolute atomic E-state index is 4.05. The Bertz CT molecular complexity index is 563. The molecule has 0 unspecified atom stereocenters. The Labute approximate surface area is 160 Å². The van der Waals surface area contributed by atoms with Gasteiger partial charge in [0.1, 0.15) is 0 Å². The molecule has 0 radical (unpaired) electrons. The fraction of sp³-hybridized carbons (Fsp3) is 0.440. The van der Waals surface area contributed by atoms with Gasteiger partial charge in [-0.05, 0) is 30.5 Å². The maximum Gasteiger partial charge on any atom is 0.0361 e. The molecule has 0 aromatic heterocycles. The zero-order valence-electron chi connectivity index (χ0n) is 16.4. The summed E-state index contributed by atoms with van der Waals surface area (Å²) in [6.07, 6.45) is 11.0. The maximum atomic E-state index is 4.05. The molecule has 1 heteroatoms. The Hall–Kier alpha value is -1.86. The van der Waals surface area contributed by atoms with Crippen molar-refractivity contribution in [3.63, 3.8) is 0 Å². The molecule has 0 aliphatic heterocycles. The Kier molecular flexibility index (Phi) is 9.20. The molecular formula is C25H35N. The van der Waals surface area contributed by atoms with Crippen LogP contribution in [0, 0.1) is 0 Å². The average molecular weight is 350 g/mol. The van der Waals surface area contributed by atoms with E-state index >= 15 is 0 Å². The molecule has 0 spiro atoms. The Balaban J connectivity index is 2.05. The SMILES string of the molecule is C=CCC(CNCCCCCCCC)(c1ccccc1)c1ccccc1. The Morgan fingerprint density at radius 1 is 0.808 bits per heavy atom. The molecule has 2 rings (SSSR count). The first kappa shape index (κ1) is 20.5. The number of allylic oxidation sites excluding steroid dienone is 1. The topological polar surface area (TPSA) is 12.0 Å². The summed E-state index contributed by atoms with van der Waals surface area (Å²) in [5.41, 5.74) is 2.68. The molecule has 0 atom stereocenters. The van der Waals surface area contributed by atoms with Crippen LogP contribution >= 0.6 is 0 Å². The highest BCUT2D eigenvalue weighted by atomic mass is 14.9. The molecular weight excluding hydrogens is 314 g/mol. The van der Waals surface area contributed by atoms with Crippen molar-refractivity contribution in [3.8, 4) is 0 Å². The van der Waals surface area contributed by atoms with Crippen LogP contribution < -0.4 is 5.32 Å². The predicted octanol–water partition coefficient (Wildman–Crippen LogP) is 6.50. The Morgan fingerprint density at radius 3 is 1.88 bits per heavy atom. The van der Waals surface area contributed by atoms with Crippen LogP contribution in [0.3, 0.4) is 0 Å². The van der Waals surface area contributed by atoms with Crippen LogP contribution in [0.1, 0.15) is 63.0 Å². The summed E-state index contributed by atoms with van der Waals surface area (Å²) in [6.45, 7) is 8.36. The van der Waals surface area contributed by atoms with Gasteiger partial charge < -0.3 is 5.32 Å². The van der Waals surface area contributed by atoms with E-state index in [1.807, 2.05) is 0 Å². The van der Waals surface area contributed by atoms with Gasteiger partial charge in [-0.2, -0.15) is 0 Å². The summed E-state index contributed by atoms with van der Waals surface area (Å²) in [6, 6.07) is 21.8. The van der Waals surface area contributed by atoms with E-state index in [0.29, 0.717) is 0 Å². The first-order valence-electron chi connectivity index (χ1n) is 10.3. The predicted molar refractivity (Wildman–Crippen MR) is 115 cm³/mol. The highest BCUT2D eigenvalue weighted by Crippen LogP contribution is 2.35. The lowest BCUT2D eigenvalue weighted by molar-refractivity contribution is 0.458. The van der Waals surface area contributed by atoms with Gasteiger partial charge in [0.05, 0.1) is 0 Å². The summed E-state index contributed by atoms with van der Waals surface area (Å²) in [5.74, 6) is 0. The van der Waals surface area contributed by atoms with E-state index in [2.05, 4.69) is 85.6 Å². The smallest absolute Gasteiger partial charge is 0.0361 e. The van der Waals surface area contributed by atoms with Crippen LogP contribution in [0.25, 0.3) is 0 Å². The minimum atomic E-state index is -0.0491. The third-order valence-electron chi connectivity index (χ3n) is 5.28. The molecule has 0 bridgehead atoms. The standard InChI is InChI=1S/C25H35N/c1-3-5-6-7-8-15-21-26-22-25(20-4-2,23-16-11-9-12-17-23)24-18-13-10-14-19-24/h4,9-14,16-19,26H,2-3,5-8,15,20-22H2,1H3. The molecule has 0 saturated heterocycles. The molecule has 2 aromatic rings. The minimum Gasteiger partial charge on any atom is -0.315 e. The van der Waals surface area contributed by atoms with Gasteiger partial charge in [-0.25, -0.2) is 0 Å². The lowest BCUT2D eigenvalue weighted by Gasteiger charge is -2.35. The normalized spacial score (nSPS) is 11.4. The van der Waals surface area contributed by atoms with E-state index in [1.54, 1.807) is 0 Å². The largest absolute Gasteiger partial charge is 0.315 e. The van der Waals surface area contributed by atoms with Gasteiger partial charge in [-0.3, -0.25) is 0 Å². The number of nitrogens with one attached hydrogen (secondary N) is 1. The zero-order valence-corrected chi connectivity index (χ0v) is 16.4. The van der Waals surface area contributed by atoms with E-state index < -0.39 is 0 Å². The number of benzene rings is 2. The lowest BCUT2D eigenvalue weighted by atomic mass is 9.72. The van der Waals surface area contributed by atoms with Crippen molar-refractivity contribution < 1.29 is 0 Å². The van der Waals surface area contributed by atoms with Crippen molar-refractivity contribution in [1.29, 1.82) is 0 Å². The Morgan fingerprint density at radius 2 is 1.35 bits per heavy atom. The van der Waals surface area contributed by atoms with Crippen LogP contribution in [-0.4, -0.2) is 13.1 Å². The molecule has 0 heterocycles. The van der Waals surface area contributed by atoms with E-state index in [9.17, 15) is 0 Å². The van der Waals surface area contributed by atoms with E-state index in [4.69, 9.17) is 0 Å². The molecule has 2 aromatic carbocycles. The lowest BCUT2D eigenvalue weighted by Crippen LogP contribution is -2.39. The molecule has 140 valence electrons. The molecule has 0 amide bonds. The zero-order chi connectivity index (χ0) is 18.5. The van der Waals surface area contributed by atoms with E-state index in [0.717, 1.165) is 19.5 Å². The van der Waals surface area contributed by atoms with Gasteiger partial charge in [0.2, 0.25) is 0 Å². The summed E-state index contributed by atoms with van der Waals surface area (Å²) < 4.78 is 0. The first-order chi connectivity index (χ1) is 12.8. The van der Waals surface area contributed by atoms with Gasteiger partial charge in [0.15, 0.2) is 0 Å². The van der Waals surface area contributed by atoms with Crippen molar-refractivity contribution in [3.05, 3.63) is 84.4 Å². The van der Waals surface area contributed by atoms with Gasteiger partial charge in [0, 0.05) is 12.0 Å². The van der Waals surface area contributed by atoms with Crippen molar-refractivity contribution in [2.75, 3.05) is 13.1 Å². The van der Waals surface area contributed by atoms with Crippen molar-refractivity contribution in [2.45, 2.75) is 57.3 Å². The van der Waals surface area contributed by atoms with Crippen molar-refractivity contribution in [1.82, 2.24) is 5.32 Å². The number of rotatable bonds is 13. The fourth-order valence-corrected chi connectivity index (χ4v) is 3.77. The molecule has 26 heavy (non-hydrogen) atoms. The van der Waals surface area contributed by atoms with E-state index in [1.165, 1.54) is 49.7 Å². The molecule has 1 N–H and O–H groups in total.